The third-order valence-corrected chi connectivity index (χ3v) is 2.64. The molecule has 0 bridgehead atoms. The summed E-state index contributed by atoms with van der Waals surface area (Å²) in [6.45, 7) is 4.62. The highest BCUT2D eigenvalue weighted by molar-refractivity contribution is 5.95. The molecule has 0 fully saturated rings. The number of carbonyl (C=O) groups excluding carboxylic acids is 1. The Morgan fingerprint density at radius 1 is 1.40 bits per heavy atom. The number of rotatable bonds is 2. The van der Waals surface area contributed by atoms with Crippen molar-refractivity contribution in [3.8, 4) is 5.75 Å². The number of fused-ring (bicyclic) bond motifs is 1. The van der Waals surface area contributed by atoms with Gasteiger partial charge in [-0.1, -0.05) is 6.07 Å². The second-order valence-corrected chi connectivity index (χ2v) is 3.72. The number of aryl methyl sites for hydroxylation is 1. The number of anilines is 1. The molecule has 1 heterocycles. The number of benzene rings is 1. The molecule has 0 atom stereocenters. The molecule has 0 saturated heterocycles. The molecule has 0 aromatic heterocycles. The number of hydrogen-bond acceptors (Lipinski definition) is 2. The first kappa shape index (κ1) is 10.0. The normalized spacial score (nSPS) is 14.4. The monoisotopic (exact) mass is 205 g/mol. The van der Waals surface area contributed by atoms with E-state index in [4.69, 9.17) is 4.74 Å². The molecule has 0 unspecified atom stereocenters. The third kappa shape index (κ3) is 1.82. The van der Waals surface area contributed by atoms with E-state index in [0.29, 0.717) is 13.0 Å². The summed E-state index contributed by atoms with van der Waals surface area (Å²) < 4.78 is 5.54. The molecule has 1 aromatic carbocycles. The summed E-state index contributed by atoms with van der Waals surface area (Å²) in [4.78, 5) is 11.3. The van der Waals surface area contributed by atoms with E-state index in [1.807, 2.05) is 26.0 Å². The van der Waals surface area contributed by atoms with Crippen LogP contribution in [0, 0.1) is 6.92 Å². The number of hydrogen-bond donors (Lipinski definition) is 1. The van der Waals surface area contributed by atoms with Crippen LogP contribution in [0.5, 0.6) is 5.75 Å². The highest BCUT2D eigenvalue weighted by Crippen LogP contribution is 2.33. The van der Waals surface area contributed by atoms with Gasteiger partial charge < -0.3 is 10.1 Å². The van der Waals surface area contributed by atoms with Crippen molar-refractivity contribution in [2.75, 3.05) is 11.9 Å². The second kappa shape index (κ2) is 3.93. The molecule has 80 valence electrons. The van der Waals surface area contributed by atoms with Gasteiger partial charge in [0.15, 0.2) is 0 Å². The molecule has 0 saturated carbocycles. The lowest BCUT2D eigenvalue weighted by Crippen LogP contribution is -2.20. The maximum atomic E-state index is 11.3. The fraction of sp³-hybridized carbons (Fsp3) is 0.417. The Hall–Kier alpha value is -1.51. The van der Waals surface area contributed by atoms with Gasteiger partial charge >= 0.3 is 0 Å². The lowest BCUT2D eigenvalue weighted by atomic mass is 9.98. The van der Waals surface area contributed by atoms with Crippen molar-refractivity contribution in [1.29, 1.82) is 0 Å². The largest absolute Gasteiger partial charge is 0.494 e. The summed E-state index contributed by atoms with van der Waals surface area (Å²) in [5.74, 6) is 0.998. The molecule has 1 N–H and O–H groups in total. The van der Waals surface area contributed by atoms with Gasteiger partial charge in [-0.15, -0.1) is 0 Å². The molecule has 3 heteroatoms. The molecule has 3 nitrogen and oxygen atoms in total. The summed E-state index contributed by atoms with van der Waals surface area (Å²) in [5.41, 5.74) is 3.18. The van der Waals surface area contributed by atoms with Gasteiger partial charge in [0.2, 0.25) is 5.91 Å². The fourth-order valence-electron chi connectivity index (χ4n) is 1.90. The Labute approximate surface area is 89.4 Å². The van der Waals surface area contributed by atoms with Crippen LogP contribution in [0.4, 0.5) is 5.69 Å². The zero-order valence-electron chi connectivity index (χ0n) is 9.09. The van der Waals surface area contributed by atoms with Gasteiger partial charge in [0.05, 0.1) is 12.3 Å². The van der Waals surface area contributed by atoms with E-state index in [1.165, 1.54) is 0 Å². The van der Waals surface area contributed by atoms with Gasteiger partial charge in [0.25, 0.3) is 0 Å². The first-order valence-corrected chi connectivity index (χ1v) is 5.27. The van der Waals surface area contributed by atoms with E-state index < -0.39 is 0 Å². The molecular weight excluding hydrogens is 190 g/mol. The summed E-state index contributed by atoms with van der Waals surface area (Å²) >= 11 is 0. The summed E-state index contributed by atoms with van der Waals surface area (Å²) in [6, 6.07) is 3.96. The van der Waals surface area contributed by atoms with Crippen molar-refractivity contribution >= 4 is 11.6 Å². The van der Waals surface area contributed by atoms with Gasteiger partial charge in [-0.2, -0.15) is 0 Å². The van der Waals surface area contributed by atoms with Gasteiger partial charge in [-0.05, 0) is 31.9 Å². The second-order valence-electron chi connectivity index (χ2n) is 3.72. The first-order valence-electron chi connectivity index (χ1n) is 5.27. The molecule has 1 aliphatic heterocycles. The van der Waals surface area contributed by atoms with Crippen LogP contribution in [0.2, 0.25) is 0 Å². The van der Waals surface area contributed by atoms with E-state index in [0.717, 1.165) is 29.0 Å². The standard InChI is InChI=1S/C12H15NO2/c1-3-15-10-6-4-8(2)12-9(10)5-7-11(14)13-12/h4,6H,3,5,7H2,1-2H3,(H,13,14). The Bertz CT molecular complexity index is 399. The van der Waals surface area contributed by atoms with Crippen molar-refractivity contribution in [2.24, 2.45) is 0 Å². The topological polar surface area (TPSA) is 38.3 Å². The predicted octanol–water partition coefficient (Wildman–Crippen LogP) is 2.28. The number of amides is 1. The maximum absolute atomic E-state index is 11.3. The number of carbonyl (C=O) groups is 1. The van der Waals surface area contributed by atoms with E-state index in [-0.39, 0.29) is 5.91 Å². The first-order chi connectivity index (χ1) is 7.22. The lowest BCUT2D eigenvalue weighted by Gasteiger charge is -2.21. The van der Waals surface area contributed by atoms with Crippen molar-refractivity contribution in [3.05, 3.63) is 23.3 Å². The molecule has 0 aliphatic carbocycles. The Morgan fingerprint density at radius 3 is 2.93 bits per heavy atom. The van der Waals surface area contributed by atoms with Gasteiger partial charge in [0, 0.05) is 12.0 Å². The average molecular weight is 205 g/mol. The van der Waals surface area contributed by atoms with Crippen LogP contribution in [0.3, 0.4) is 0 Å². The Balaban J connectivity index is 2.45. The van der Waals surface area contributed by atoms with E-state index in [2.05, 4.69) is 5.32 Å². The molecular formula is C12H15NO2. The molecule has 2 rings (SSSR count). The summed E-state index contributed by atoms with van der Waals surface area (Å²) in [6.07, 6.45) is 1.33. The lowest BCUT2D eigenvalue weighted by molar-refractivity contribution is -0.116. The summed E-state index contributed by atoms with van der Waals surface area (Å²) in [7, 11) is 0. The minimum atomic E-state index is 0.0965. The smallest absolute Gasteiger partial charge is 0.224 e. The Kier molecular flexibility index (Phi) is 2.62. The van der Waals surface area contributed by atoms with Crippen molar-refractivity contribution < 1.29 is 9.53 Å². The molecule has 1 amide bonds. The average Bonchev–Trinajstić information content (AvgIpc) is 2.23. The summed E-state index contributed by atoms with van der Waals surface area (Å²) in [5, 5.41) is 2.91. The van der Waals surface area contributed by atoms with Gasteiger partial charge in [-0.3, -0.25) is 4.79 Å². The van der Waals surface area contributed by atoms with Crippen LogP contribution >= 0.6 is 0 Å². The van der Waals surface area contributed by atoms with Crippen LogP contribution < -0.4 is 10.1 Å². The quantitative estimate of drug-likeness (QED) is 0.804. The molecule has 1 aromatic rings. The minimum Gasteiger partial charge on any atom is -0.494 e. The minimum absolute atomic E-state index is 0.0965. The number of nitrogens with one attached hydrogen (secondary N) is 1. The zero-order chi connectivity index (χ0) is 10.8. The van der Waals surface area contributed by atoms with Crippen LogP contribution in [0.25, 0.3) is 0 Å². The van der Waals surface area contributed by atoms with Crippen LogP contribution in [-0.4, -0.2) is 12.5 Å². The fourth-order valence-corrected chi connectivity index (χ4v) is 1.90. The van der Waals surface area contributed by atoms with Crippen LogP contribution in [0.1, 0.15) is 24.5 Å². The van der Waals surface area contributed by atoms with E-state index in [9.17, 15) is 4.79 Å². The SMILES string of the molecule is CCOc1ccc(C)c2c1CCC(=O)N2. The van der Waals surface area contributed by atoms with Crippen molar-refractivity contribution in [1.82, 2.24) is 0 Å². The molecule has 0 radical (unpaired) electrons. The molecule has 15 heavy (non-hydrogen) atoms. The van der Waals surface area contributed by atoms with Gasteiger partial charge in [-0.25, -0.2) is 0 Å². The van der Waals surface area contributed by atoms with Crippen LogP contribution in [0.15, 0.2) is 12.1 Å². The molecule has 0 spiro atoms. The number of ether oxygens (including phenoxy) is 1. The predicted molar refractivity (Wildman–Crippen MR) is 59.3 cm³/mol. The zero-order valence-corrected chi connectivity index (χ0v) is 9.09. The van der Waals surface area contributed by atoms with Crippen molar-refractivity contribution in [2.45, 2.75) is 26.7 Å². The molecule has 1 aliphatic rings. The van der Waals surface area contributed by atoms with E-state index >= 15 is 0 Å². The van der Waals surface area contributed by atoms with Crippen molar-refractivity contribution in [3.63, 3.8) is 0 Å². The van der Waals surface area contributed by atoms with E-state index in [1.54, 1.807) is 0 Å². The highest BCUT2D eigenvalue weighted by atomic mass is 16.5. The maximum Gasteiger partial charge on any atom is 0.224 e. The highest BCUT2D eigenvalue weighted by Gasteiger charge is 2.19. The van der Waals surface area contributed by atoms with Crippen LogP contribution in [-0.2, 0) is 11.2 Å². The third-order valence-electron chi connectivity index (χ3n) is 2.64. The Morgan fingerprint density at radius 2 is 2.20 bits per heavy atom. The van der Waals surface area contributed by atoms with Gasteiger partial charge in [0.1, 0.15) is 5.75 Å².